The van der Waals surface area contributed by atoms with E-state index in [4.69, 9.17) is 4.74 Å². The van der Waals surface area contributed by atoms with E-state index in [-0.39, 0.29) is 12.1 Å². The van der Waals surface area contributed by atoms with Gasteiger partial charge in [0.2, 0.25) is 0 Å². The molecule has 17 heavy (non-hydrogen) atoms. The number of benzene rings is 1. The van der Waals surface area contributed by atoms with Gasteiger partial charge < -0.3 is 15.2 Å². The summed E-state index contributed by atoms with van der Waals surface area (Å²) in [6.45, 7) is 2.70. The van der Waals surface area contributed by atoms with Gasteiger partial charge in [-0.15, -0.1) is 0 Å². The van der Waals surface area contributed by atoms with Gasteiger partial charge in [0.25, 0.3) is 0 Å². The average Bonchev–Trinajstić information content (AvgIpc) is 3.18. The predicted molar refractivity (Wildman–Crippen MR) is 68.3 cm³/mol. The molecule has 0 aromatic heterocycles. The molecular formula is C14H21NO2. The minimum Gasteiger partial charge on any atom is -0.492 e. The minimum atomic E-state index is -0.273. The lowest BCUT2D eigenvalue weighted by molar-refractivity contribution is 0.0915. The van der Waals surface area contributed by atoms with Crippen molar-refractivity contribution >= 4 is 0 Å². The summed E-state index contributed by atoms with van der Waals surface area (Å²) >= 11 is 0. The monoisotopic (exact) mass is 235 g/mol. The molecule has 0 radical (unpaired) electrons. The zero-order valence-corrected chi connectivity index (χ0v) is 10.6. The first-order chi connectivity index (χ1) is 8.20. The summed E-state index contributed by atoms with van der Waals surface area (Å²) in [6, 6.07) is 8.01. The highest BCUT2D eigenvalue weighted by molar-refractivity contribution is 5.26. The van der Waals surface area contributed by atoms with Crippen molar-refractivity contribution in [2.75, 3.05) is 20.3 Å². The summed E-state index contributed by atoms with van der Waals surface area (Å²) in [5, 5.41) is 12.8. The fraction of sp³-hybridized carbons (Fsp3) is 0.571. The summed E-state index contributed by atoms with van der Waals surface area (Å²) in [7, 11) is 1.90. The molecule has 1 atom stereocenters. The van der Waals surface area contributed by atoms with Crippen molar-refractivity contribution in [1.82, 2.24) is 5.32 Å². The first-order valence-electron chi connectivity index (χ1n) is 6.19. The van der Waals surface area contributed by atoms with Crippen LogP contribution in [-0.4, -0.2) is 30.9 Å². The molecular weight excluding hydrogens is 214 g/mol. The van der Waals surface area contributed by atoms with Crippen molar-refractivity contribution in [3.05, 3.63) is 29.8 Å². The van der Waals surface area contributed by atoms with Gasteiger partial charge in [-0.3, -0.25) is 0 Å². The standard InChI is InChI=1S/C14H21NO2/c1-11-3-7-13(8-4-11)17-10-14(9-16,15-2)12-5-6-12/h3-4,7-8,12,15-16H,5-6,9-10H2,1-2H3. The maximum absolute atomic E-state index is 9.57. The fourth-order valence-corrected chi connectivity index (χ4v) is 2.13. The predicted octanol–water partition coefficient (Wildman–Crippen LogP) is 1.73. The molecule has 1 aromatic carbocycles. The van der Waals surface area contributed by atoms with Crippen LogP contribution in [0.4, 0.5) is 0 Å². The molecule has 0 spiro atoms. The van der Waals surface area contributed by atoms with E-state index in [0.29, 0.717) is 12.5 Å². The van der Waals surface area contributed by atoms with E-state index in [1.165, 1.54) is 18.4 Å². The molecule has 1 aliphatic carbocycles. The second-order valence-electron chi connectivity index (χ2n) is 4.94. The number of aliphatic hydroxyl groups is 1. The topological polar surface area (TPSA) is 41.5 Å². The summed E-state index contributed by atoms with van der Waals surface area (Å²) in [5.74, 6) is 1.41. The quantitative estimate of drug-likeness (QED) is 0.789. The van der Waals surface area contributed by atoms with E-state index in [1.807, 2.05) is 31.3 Å². The van der Waals surface area contributed by atoms with Crippen molar-refractivity contribution < 1.29 is 9.84 Å². The molecule has 94 valence electrons. The molecule has 0 heterocycles. The van der Waals surface area contributed by atoms with Crippen LogP contribution in [0.2, 0.25) is 0 Å². The highest BCUT2D eigenvalue weighted by Gasteiger charge is 2.44. The zero-order chi connectivity index (χ0) is 12.3. The van der Waals surface area contributed by atoms with Crippen LogP contribution in [0, 0.1) is 12.8 Å². The molecule has 0 bridgehead atoms. The lowest BCUT2D eigenvalue weighted by Crippen LogP contribution is -2.53. The highest BCUT2D eigenvalue weighted by atomic mass is 16.5. The smallest absolute Gasteiger partial charge is 0.119 e. The van der Waals surface area contributed by atoms with Crippen LogP contribution in [0.3, 0.4) is 0 Å². The van der Waals surface area contributed by atoms with E-state index in [0.717, 1.165) is 5.75 Å². The second-order valence-corrected chi connectivity index (χ2v) is 4.94. The Hall–Kier alpha value is -1.06. The zero-order valence-electron chi connectivity index (χ0n) is 10.6. The Morgan fingerprint density at radius 2 is 2.00 bits per heavy atom. The van der Waals surface area contributed by atoms with Gasteiger partial charge in [0.05, 0.1) is 12.1 Å². The second kappa shape index (κ2) is 5.07. The molecule has 3 nitrogen and oxygen atoms in total. The van der Waals surface area contributed by atoms with Crippen LogP contribution in [0.15, 0.2) is 24.3 Å². The number of aryl methyl sites for hydroxylation is 1. The van der Waals surface area contributed by atoms with Gasteiger partial charge in [0, 0.05) is 0 Å². The first-order valence-corrected chi connectivity index (χ1v) is 6.19. The largest absolute Gasteiger partial charge is 0.492 e. The number of hydrogen-bond donors (Lipinski definition) is 2. The lowest BCUT2D eigenvalue weighted by atomic mass is 9.95. The number of rotatable bonds is 6. The molecule has 1 fully saturated rings. The van der Waals surface area contributed by atoms with Crippen molar-refractivity contribution in [3.8, 4) is 5.75 Å². The van der Waals surface area contributed by atoms with Gasteiger partial charge in [-0.1, -0.05) is 17.7 Å². The van der Waals surface area contributed by atoms with E-state index < -0.39 is 0 Å². The Kier molecular flexibility index (Phi) is 3.69. The third-order valence-electron chi connectivity index (χ3n) is 3.66. The fourth-order valence-electron chi connectivity index (χ4n) is 2.13. The van der Waals surface area contributed by atoms with E-state index >= 15 is 0 Å². The van der Waals surface area contributed by atoms with Gasteiger partial charge in [-0.2, -0.15) is 0 Å². The maximum Gasteiger partial charge on any atom is 0.119 e. The number of likely N-dealkylation sites (N-methyl/N-ethyl adjacent to an activating group) is 1. The van der Waals surface area contributed by atoms with Crippen LogP contribution in [0.25, 0.3) is 0 Å². The molecule has 2 N–H and O–H groups in total. The molecule has 1 unspecified atom stereocenters. The molecule has 0 aliphatic heterocycles. The SMILES string of the molecule is CNC(CO)(COc1ccc(C)cc1)C1CC1. The summed E-state index contributed by atoms with van der Waals surface area (Å²) < 4.78 is 5.79. The highest BCUT2D eigenvalue weighted by Crippen LogP contribution is 2.39. The Labute approximate surface area is 103 Å². The number of aliphatic hydroxyl groups excluding tert-OH is 1. The summed E-state index contributed by atoms with van der Waals surface area (Å²) in [6.07, 6.45) is 2.36. The molecule has 1 aromatic rings. The van der Waals surface area contributed by atoms with Gasteiger partial charge in [-0.25, -0.2) is 0 Å². The average molecular weight is 235 g/mol. The van der Waals surface area contributed by atoms with E-state index in [1.54, 1.807) is 0 Å². The Morgan fingerprint density at radius 3 is 2.47 bits per heavy atom. The molecule has 1 aliphatic rings. The number of ether oxygens (including phenoxy) is 1. The van der Waals surface area contributed by atoms with Crippen LogP contribution in [-0.2, 0) is 0 Å². The molecule has 2 rings (SSSR count). The van der Waals surface area contributed by atoms with Crippen molar-refractivity contribution in [3.63, 3.8) is 0 Å². The van der Waals surface area contributed by atoms with Crippen molar-refractivity contribution in [2.45, 2.75) is 25.3 Å². The first kappa shape index (κ1) is 12.4. The summed E-state index contributed by atoms with van der Waals surface area (Å²) in [4.78, 5) is 0. The molecule has 3 heteroatoms. The van der Waals surface area contributed by atoms with Crippen molar-refractivity contribution in [2.24, 2.45) is 5.92 Å². The third-order valence-corrected chi connectivity index (χ3v) is 3.66. The Balaban J connectivity index is 1.97. The normalized spacial score (nSPS) is 18.8. The lowest BCUT2D eigenvalue weighted by Gasteiger charge is -2.31. The van der Waals surface area contributed by atoms with Crippen LogP contribution >= 0.6 is 0 Å². The van der Waals surface area contributed by atoms with Crippen molar-refractivity contribution in [1.29, 1.82) is 0 Å². The maximum atomic E-state index is 9.57. The Bertz CT molecular complexity index is 353. The van der Waals surface area contributed by atoms with Gasteiger partial charge in [0.1, 0.15) is 12.4 Å². The van der Waals surface area contributed by atoms with Crippen LogP contribution in [0.5, 0.6) is 5.75 Å². The van der Waals surface area contributed by atoms with E-state index in [9.17, 15) is 5.11 Å². The van der Waals surface area contributed by atoms with Crippen LogP contribution < -0.4 is 10.1 Å². The van der Waals surface area contributed by atoms with Gasteiger partial charge in [0.15, 0.2) is 0 Å². The molecule has 0 amide bonds. The summed E-state index contributed by atoms with van der Waals surface area (Å²) in [5.41, 5.74) is 0.951. The van der Waals surface area contributed by atoms with Crippen LogP contribution in [0.1, 0.15) is 18.4 Å². The molecule has 0 saturated heterocycles. The van der Waals surface area contributed by atoms with Gasteiger partial charge in [-0.05, 0) is 44.9 Å². The number of nitrogens with one attached hydrogen (secondary N) is 1. The Morgan fingerprint density at radius 1 is 1.35 bits per heavy atom. The number of hydrogen-bond acceptors (Lipinski definition) is 3. The van der Waals surface area contributed by atoms with E-state index in [2.05, 4.69) is 12.2 Å². The third kappa shape index (κ3) is 2.79. The minimum absolute atomic E-state index is 0.125. The molecule has 1 saturated carbocycles. The van der Waals surface area contributed by atoms with Gasteiger partial charge >= 0.3 is 0 Å².